The molecule has 3 rings (SSSR count). The zero-order valence-electron chi connectivity index (χ0n) is 9.63. The van der Waals surface area contributed by atoms with Crippen LogP contribution in [0.15, 0.2) is 20.1 Å². The topological polar surface area (TPSA) is 55.4 Å². The standard InChI is InChI=1S/C11H14BrNO3S2/c12-8-4-6-17-11(8)18(14,15)13-9-3-5-16-10(9)7-1-2-7/h4,6-7,9-10,13H,1-3,5H2. The molecule has 0 amide bonds. The normalized spacial score (nSPS) is 28.7. The van der Waals surface area contributed by atoms with Crippen LogP contribution in [0.1, 0.15) is 19.3 Å². The van der Waals surface area contributed by atoms with Crippen molar-refractivity contribution in [3.8, 4) is 0 Å². The molecule has 4 nitrogen and oxygen atoms in total. The van der Waals surface area contributed by atoms with Gasteiger partial charge in [0.25, 0.3) is 10.0 Å². The summed E-state index contributed by atoms with van der Waals surface area (Å²) in [6.45, 7) is 0.653. The van der Waals surface area contributed by atoms with Gasteiger partial charge in [0.15, 0.2) is 0 Å². The van der Waals surface area contributed by atoms with Crippen LogP contribution in [-0.2, 0) is 14.8 Å². The SMILES string of the molecule is O=S(=O)(NC1CCOC1C1CC1)c1sccc1Br. The van der Waals surface area contributed by atoms with E-state index in [0.717, 1.165) is 19.3 Å². The second kappa shape index (κ2) is 4.86. The molecular weight excluding hydrogens is 338 g/mol. The summed E-state index contributed by atoms with van der Waals surface area (Å²) >= 11 is 4.49. The highest BCUT2D eigenvalue weighted by atomic mass is 79.9. The highest BCUT2D eigenvalue weighted by Gasteiger charge is 2.42. The van der Waals surface area contributed by atoms with Crippen molar-refractivity contribution in [3.05, 3.63) is 15.9 Å². The van der Waals surface area contributed by atoms with Gasteiger partial charge in [0, 0.05) is 11.1 Å². The van der Waals surface area contributed by atoms with E-state index in [0.29, 0.717) is 21.2 Å². The molecule has 2 aliphatic rings. The Balaban J connectivity index is 1.77. The summed E-state index contributed by atoms with van der Waals surface area (Å²) in [5.74, 6) is 0.548. The zero-order valence-corrected chi connectivity index (χ0v) is 12.9. The Morgan fingerprint density at radius 2 is 2.17 bits per heavy atom. The number of sulfonamides is 1. The van der Waals surface area contributed by atoms with Crippen molar-refractivity contribution in [1.29, 1.82) is 0 Å². The lowest BCUT2D eigenvalue weighted by atomic mass is 10.1. The predicted molar refractivity (Wildman–Crippen MR) is 73.2 cm³/mol. The summed E-state index contributed by atoms with van der Waals surface area (Å²) in [4.78, 5) is 0. The quantitative estimate of drug-likeness (QED) is 0.905. The third-order valence-corrected chi connectivity index (χ3v) is 7.52. The highest BCUT2D eigenvalue weighted by Crippen LogP contribution is 2.39. The first-order valence-corrected chi connectivity index (χ1v) is 9.10. The highest BCUT2D eigenvalue weighted by molar-refractivity contribution is 9.10. The number of hydrogen-bond acceptors (Lipinski definition) is 4. The molecule has 18 heavy (non-hydrogen) atoms. The lowest BCUT2D eigenvalue weighted by Gasteiger charge is -2.19. The second-order valence-corrected chi connectivity index (χ2v) is 8.42. The Kier molecular flexibility index (Phi) is 3.53. The molecule has 0 aromatic carbocycles. The van der Waals surface area contributed by atoms with Gasteiger partial charge >= 0.3 is 0 Å². The van der Waals surface area contributed by atoms with E-state index in [9.17, 15) is 8.42 Å². The van der Waals surface area contributed by atoms with Gasteiger partial charge in [-0.1, -0.05) is 0 Å². The molecule has 100 valence electrons. The monoisotopic (exact) mass is 351 g/mol. The van der Waals surface area contributed by atoms with Crippen LogP contribution < -0.4 is 4.72 Å². The van der Waals surface area contributed by atoms with Crippen LogP contribution in [-0.4, -0.2) is 27.2 Å². The Morgan fingerprint density at radius 1 is 1.39 bits per heavy atom. The lowest BCUT2D eigenvalue weighted by Crippen LogP contribution is -2.41. The van der Waals surface area contributed by atoms with Crippen LogP contribution in [0.25, 0.3) is 0 Å². The van der Waals surface area contributed by atoms with E-state index in [1.807, 2.05) is 0 Å². The fourth-order valence-corrected chi connectivity index (χ4v) is 5.99. The van der Waals surface area contributed by atoms with E-state index in [2.05, 4.69) is 20.7 Å². The van der Waals surface area contributed by atoms with Gasteiger partial charge in [-0.25, -0.2) is 13.1 Å². The van der Waals surface area contributed by atoms with Crippen molar-refractivity contribution in [2.24, 2.45) is 5.92 Å². The van der Waals surface area contributed by atoms with Crippen molar-refractivity contribution in [2.45, 2.75) is 35.6 Å². The molecule has 2 atom stereocenters. The van der Waals surface area contributed by atoms with Gasteiger partial charge in [-0.15, -0.1) is 11.3 Å². The largest absolute Gasteiger partial charge is 0.376 e. The van der Waals surface area contributed by atoms with Crippen LogP contribution in [0.3, 0.4) is 0 Å². The van der Waals surface area contributed by atoms with Crippen molar-refractivity contribution < 1.29 is 13.2 Å². The lowest BCUT2D eigenvalue weighted by molar-refractivity contribution is 0.0848. The molecule has 1 saturated heterocycles. The van der Waals surface area contributed by atoms with Gasteiger partial charge in [0.1, 0.15) is 4.21 Å². The maximum atomic E-state index is 12.3. The van der Waals surface area contributed by atoms with Crippen LogP contribution in [0.5, 0.6) is 0 Å². The molecule has 0 radical (unpaired) electrons. The zero-order chi connectivity index (χ0) is 12.8. The molecule has 1 saturated carbocycles. The maximum Gasteiger partial charge on any atom is 0.251 e. The van der Waals surface area contributed by atoms with Crippen LogP contribution in [0.2, 0.25) is 0 Å². The van der Waals surface area contributed by atoms with E-state index in [4.69, 9.17) is 4.74 Å². The van der Waals surface area contributed by atoms with Crippen molar-refractivity contribution >= 4 is 37.3 Å². The third-order valence-electron chi connectivity index (χ3n) is 3.36. The molecule has 0 bridgehead atoms. The minimum atomic E-state index is -3.43. The Morgan fingerprint density at radius 3 is 2.78 bits per heavy atom. The minimum absolute atomic E-state index is 0.0681. The van der Waals surface area contributed by atoms with E-state index in [1.165, 1.54) is 11.3 Å². The third kappa shape index (κ3) is 2.51. The number of hydrogen-bond donors (Lipinski definition) is 1. The van der Waals surface area contributed by atoms with Gasteiger partial charge in [-0.3, -0.25) is 0 Å². The van der Waals surface area contributed by atoms with Gasteiger partial charge < -0.3 is 4.74 Å². The Bertz CT molecular complexity index is 538. The first-order chi connectivity index (χ1) is 8.58. The number of thiophene rings is 1. The Hall–Kier alpha value is 0.0500. The van der Waals surface area contributed by atoms with Gasteiger partial charge in [-0.05, 0) is 52.6 Å². The van der Waals surface area contributed by atoms with E-state index in [1.54, 1.807) is 11.4 Å². The number of nitrogens with one attached hydrogen (secondary N) is 1. The molecule has 1 N–H and O–H groups in total. The summed E-state index contributed by atoms with van der Waals surface area (Å²) < 4.78 is 34.0. The van der Waals surface area contributed by atoms with Crippen LogP contribution >= 0.6 is 27.3 Å². The van der Waals surface area contributed by atoms with Crippen molar-refractivity contribution in [3.63, 3.8) is 0 Å². The van der Waals surface area contributed by atoms with Gasteiger partial charge in [0.2, 0.25) is 0 Å². The fraction of sp³-hybridized carbons (Fsp3) is 0.636. The average molecular weight is 352 g/mol. The van der Waals surface area contributed by atoms with E-state index >= 15 is 0 Å². The predicted octanol–water partition coefficient (Wildman–Crippen LogP) is 2.36. The summed E-state index contributed by atoms with van der Waals surface area (Å²) in [7, 11) is -3.43. The van der Waals surface area contributed by atoms with Crippen molar-refractivity contribution in [1.82, 2.24) is 4.72 Å². The van der Waals surface area contributed by atoms with Gasteiger partial charge in [-0.2, -0.15) is 0 Å². The molecule has 2 unspecified atom stereocenters. The van der Waals surface area contributed by atoms with Crippen LogP contribution in [0.4, 0.5) is 0 Å². The number of ether oxygens (including phenoxy) is 1. The summed E-state index contributed by atoms with van der Waals surface area (Å²) in [5.41, 5.74) is 0. The first kappa shape index (κ1) is 13.1. The molecule has 7 heteroatoms. The smallest absolute Gasteiger partial charge is 0.251 e. The molecular formula is C11H14BrNO3S2. The maximum absolute atomic E-state index is 12.3. The molecule has 1 aromatic rings. The molecule has 1 aliphatic heterocycles. The summed E-state index contributed by atoms with van der Waals surface area (Å²) in [5, 5.41) is 1.77. The van der Waals surface area contributed by atoms with Gasteiger partial charge in [0.05, 0.1) is 12.1 Å². The molecule has 1 aromatic heterocycles. The summed E-state index contributed by atoms with van der Waals surface area (Å²) in [6, 6.07) is 1.68. The first-order valence-electron chi connectivity index (χ1n) is 5.95. The van der Waals surface area contributed by atoms with Crippen LogP contribution in [0, 0.1) is 5.92 Å². The Labute approximate surface area is 119 Å². The second-order valence-electron chi connectivity index (χ2n) is 4.75. The molecule has 2 heterocycles. The summed E-state index contributed by atoms with van der Waals surface area (Å²) in [6.07, 6.45) is 3.15. The fourth-order valence-electron chi connectivity index (χ4n) is 2.35. The van der Waals surface area contributed by atoms with E-state index in [-0.39, 0.29) is 12.1 Å². The average Bonchev–Trinajstić information content (AvgIpc) is 2.89. The minimum Gasteiger partial charge on any atom is -0.376 e. The molecule has 2 fully saturated rings. The molecule has 1 aliphatic carbocycles. The number of rotatable bonds is 4. The van der Waals surface area contributed by atoms with Crippen molar-refractivity contribution in [2.75, 3.05) is 6.61 Å². The number of halogens is 1. The van der Waals surface area contributed by atoms with E-state index < -0.39 is 10.0 Å². The molecule has 0 spiro atoms.